The van der Waals surface area contributed by atoms with Gasteiger partial charge in [0, 0.05) is 4.90 Å². The molecular formula is C19H24N2O3S2. The fourth-order valence-corrected chi connectivity index (χ4v) is 4.52. The van der Waals surface area contributed by atoms with E-state index in [0.717, 1.165) is 27.8 Å². The number of amides is 1. The highest BCUT2D eigenvalue weighted by atomic mass is 32.2. The highest BCUT2D eigenvalue weighted by Gasteiger charge is 2.24. The van der Waals surface area contributed by atoms with Gasteiger partial charge < -0.3 is 5.32 Å². The molecule has 5 nitrogen and oxygen atoms in total. The molecular weight excluding hydrogens is 368 g/mol. The number of sulfonamides is 1. The lowest BCUT2D eigenvalue weighted by Crippen LogP contribution is -2.38. The monoisotopic (exact) mass is 392 g/mol. The summed E-state index contributed by atoms with van der Waals surface area (Å²) in [4.78, 5) is 13.5. The minimum atomic E-state index is -3.61. The summed E-state index contributed by atoms with van der Waals surface area (Å²) in [5, 5.41) is 2.82. The summed E-state index contributed by atoms with van der Waals surface area (Å²) in [5.74, 6) is -0.378. The Labute approximate surface area is 159 Å². The van der Waals surface area contributed by atoms with Gasteiger partial charge in [0.1, 0.15) is 6.54 Å². The summed E-state index contributed by atoms with van der Waals surface area (Å²) in [6, 6.07) is 11.3. The molecule has 2 rings (SSSR count). The molecule has 0 bridgehead atoms. The van der Waals surface area contributed by atoms with Crippen LogP contribution < -0.4 is 9.62 Å². The first kappa shape index (κ1) is 20.3. The van der Waals surface area contributed by atoms with Crippen LogP contribution in [0.3, 0.4) is 0 Å². The van der Waals surface area contributed by atoms with Gasteiger partial charge in [-0.25, -0.2) is 8.42 Å². The van der Waals surface area contributed by atoms with Crippen LogP contribution in [0.5, 0.6) is 0 Å². The molecule has 0 saturated carbocycles. The molecule has 0 aliphatic carbocycles. The van der Waals surface area contributed by atoms with E-state index in [4.69, 9.17) is 0 Å². The number of carbonyl (C=O) groups excluding carboxylic acids is 1. The number of hydrogen-bond donors (Lipinski definition) is 1. The van der Waals surface area contributed by atoms with Crippen LogP contribution in [0, 0.1) is 20.8 Å². The summed E-state index contributed by atoms with van der Waals surface area (Å²) < 4.78 is 25.9. The second kappa shape index (κ2) is 8.14. The molecule has 0 unspecified atom stereocenters. The van der Waals surface area contributed by atoms with Gasteiger partial charge >= 0.3 is 0 Å². The number of carbonyl (C=O) groups is 1. The average molecular weight is 393 g/mol. The molecule has 1 N–H and O–H groups in total. The predicted molar refractivity (Wildman–Crippen MR) is 110 cm³/mol. The third kappa shape index (κ3) is 4.80. The Morgan fingerprint density at radius 3 is 2.23 bits per heavy atom. The first-order valence-electron chi connectivity index (χ1n) is 8.12. The lowest BCUT2D eigenvalue weighted by molar-refractivity contribution is -0.114. The highest BCUT2D eigenvalue weighted by molar-refractivity contribution is 7.98. The van der Waals surface area contributed by atoms with Crippen molar-refractivity contribution in [3.8, 4) is 0 Å². The quantitative estimate of drug-likeness (QED) is 0.761. The Morgan fingerprint density at radius 2 is 1.69 bits per heavy atom. The van der Waals surface area contributed by atoms with Crippen molar-refractivity contribution in [2.45, 2.75) is 25.7 Å². The predicted octanol–water partition coefficient (Wildman–Crippen LogP) is 3.74. The fourth-order valence-electron chi connectivity index (χ4n) is 3.00. The van der Waals surface area contributed by atoms with Crippen molar-refractivity contribution >= 4 is 39.1 Å². The Bertz CT molecular complexity index is 901. The summed E-state index contributed by atoms with van der Waals surface area (Å²) >= 11 is 1.52. The molecule has 0 aliphatic rings. The molecule has 2 aromatic carbocycles. The first-order chi connectivity index (χ1) is 12.1. The molecule has 0 radical (unpaired) electrons. The molecule has 7 heteroatoms. The van der Waals surface area contributed by atoms with Crippen LogP contribution in [-0.2, 0) is 14.8 Å². The minimum absolute atomic E-state index is 0.272. The first-order valence-corrected chi connectivity index (χ1v) is 11.2. The Balaban J connectivity index is 2.34. The van der Waals surface area contributed by atoms with E-state index in [0.29, 0.717) is 11.4 Å². The summed E-state index contributed by atoms with van der Waals surface area (Å²) in [6.45, 7) is 5.40. The summed E-state index contributed by atoms with van der Waals surface area (Å²) in [5.41, 5.74) is 3.94. The number of hydrogen-bond acceptors (Lipinski definition) is 4. The number of nitrogens with zero attached hydrogens (tertiary/aromatic N) is 1. The fraction of sp³-hybridized carbons (Fsp3) is 0.316. The van der Waals surface area contributed by atoms with Crippen LogP contribution in [-0.4, -0.2) is 33.4 Å². The van der Waals surface area contributed by atoms with Crippen LogP contribution in [0.4, 0.5) is 11.4 Å². The van der Waals surface area contributed by atoms with Crippen LogP contribution in [0.25, 0.3) is 0 Å². The number of aryl methyl sites for hydroxylation is 3. The second-order valence-corrected chi connectivity index (χ2v) is 9.02. The molecule has 0 aliphatic heterocycles. The number of thioether (sulfide) groups is 1. The van der Waals surface area contributed by atoms with E-state index in [9.17, 15) is 13.2 Å². The third-order valence-electron chi connectivity index (χ3n) is 3.95. The molecule has 0 aromatic heterocycles. The molecule has 0 saturated heterocycles. The van der Waals surface area contributed by atoms with Crippen molar-refractivity contribution in [1.29, 1.82) is 0 Å². The molecule has 140 valence electrons. The van der Waals surface area contributed by atoms with Gasteiger partial charge in [0.2, 0.25) is 15.9 Å². The van der Waals surface area contributed by atoms with Crippen LogP contribution >= 0.6 is 11.8 Å². The lowest BCUT2D eigenvalue weighted by Gasteiger charge is -2.26. The Kier molecular flexibility index (Phi) is 6.36. The number of anilines is 2. The van der Waals surface area contributed by atoms with Crippen LogP contribution in [0.2, 0.25) is 0 Å². The van der Waals surface area contributed by atoms with Crippen LogP contribution in [0.15, 0.2) is 41.3 Å². The lowest BCUT2D eigenvalue weighted by atomic mass is 10.1. The maximum atomic E-state index is 12.6. The van der Waals surface area contributed by atoms with Crippen molar-refractivity contribution in [2.75, 3.05) is 28.7 Å². The van der Waals surface area contributed by atoms with Crippen molar-refractivity contribution in [2.24, 2.45) is 0 Å². The number of para-hydroxylation sites is 1. The normalized spacial score (nSPS) is 11.3. The van der Waals surface area contributed by atoms with Gasteiger partial charge in [0.15, 0.2) is 0 Å². The Hall–Kier alpha value is -1.99. The van der Waals surface area contributed by atoms with Gasteiger partial charge in [-0.05, 0) is 50.3 Å². The largest absolute Gasteiger partial charge is 0.323 e. The maximum absolute atomic E-state index is 12.6. The van der Waals surface area contributed by atoms with E-state index in [1.165, 1.54) is 16.1 Å². The van der Waals surface area contributed by atoms with E-state index in [-0.39, 0.29) is 12.5 Å². The van der Waals surface area contributed by atoms with E-state index < -0.39 is 10.0 Å². The molecule has 0 spiro atoms. The van der Waals surface area contributed by atoms with Crippen molar-refractivity contribution in [3.63, 3.8) is 0 Å². The van der Waals surface area contributed by atoms with Crippen molar-refractivity contribution in [3.05, 3.63) is 53.1 Å². The average Bonchev–Trinajstić information content (AvgIpc) is 2.52. The number of rotatable bonds is 6. The van der Waals surface area contributed by atoms with Crippen molar-refractivity contribution in [1.82, 2.24) is 0 Å². The summed E-state index contributed by atoms with van der Waals surface area (Å²) in [6.07, 6.45) is 3.04. The topological polar surface area (TPSA) is 66.5 Å². The van der Waals surface area contributed by atoms with E-state index >= 15 is 0 Å². The van der Waals surface area contributed by atoms with E-state index in [1.807, 2.05) is 57.4 Å². The van der Waals surface area contributed by atoms with Gasteiger partial charge in [0.25, 0.3) is 0 Å². The smallest absolute Gasteiger partial charge is 0.245 e. The standard InChI is InChI=1S/C19H24N2O3S2/c1-13-10-14(2)19(15(3)11-13)21(26(5,23)24)12-18(22)20-16-8-6-7-9-17(16)25-4/h6-11H,12H2,1-5H3,(H,20,22). The highest BCUT2D eigenvalue weighted by Crippen LogP contribution is 2.29. The SMILES string of the molecule is CSc1ccccc1NC(=O)CN(c1c(C)cc(C)cc1C)S(C)(=O)=O. The van der Waals surface area contributed by atoms with E-state index in [1.54, 1.807) is 6.07 Å². The Morgan fingerprint density at radius 1 is 1.12 bits per heavy atom. The zero-order valence-corrected chi connectivity index (χ0v) is 17.3. The molecule has 26 heavy (non-hydrogen) atoms. The minimum Gasteiger partial charge on any atom is -0.323 e. The second-order valence-electron chi connectivity index (χ2n) is 6.27. The molecule has 2 aromatic rings. The zero-order chi connectivity index (χ0) is 19.5. The number of nitrogens with one attached hydrogen (secondary N) is 1. The van der Waals surface area contributed by atoms with Gasteiger partial charge in [0.05, 0.1) is 17.6 Å². The molecule has 1 amide bonds. The zero-order valence-electron chi connectivity index (χ0n) is 15.7. The van der Waals surface area contributed by atoms with Crippen molar-refractivity contribution < 1.29 is 13.2 Å². The molecule has 0 fully saturated rings. The van der Waals surface area contributed by atoms with Crippen LogP contribution in [0.1, 0.15) is 16.7 Å². The maximum Gasteiger partial charge on any atom is 0.245 e. The molecule has 0 heterocycles. The van der Waals surface area contributed by atoms with Gasteiger partial charge in [-0.1, -0.05) is 29.8 Å². The van der Waals surface area contributed by atoms with Gasteiger partial charge in [-0.2, -0.15) is 0 Å². The third-order valence-corrected chi connectivity index (χ3v) is 5.86. The van der Waals surface area contributed by atoms with Gasteiger partial charge in [-0.15, -0.1) is 11.8 Å². The van der Waals surface area contributed by atoms with Gasteiger partial charge in [-0.3, -0.25) is 9.10 Å². The summed E-state index contributed by atoms with van der Waals surface area (Å²) in [7, 11) is -3.61. The number of benzene rings is 2. The molecule has 0 atom stereocenters. The van der Waals surface area contributed by atoms with E-state index in [2.05, 4.69) is 5.32 Å².